The van der Waals surface area contributed by atoms with E-state index in [-0.39, 0.29) is 0 Å². The number of rotatable bonds is 3. The normalized spacial score (nSPS) is 21.2. The Morgan fingerprint density at radius 2 is 2.21 bits per heavy atom. The molecule has 1 atom stereocenters. The molecule has 3 nitrogen and oxygen atoms in total. The number of aryl methyl sites for hydroxylation is 1. The third-order valence-corrected chi connectivity index (χ3v) is 3.83. The molecule has 1 aliphatic rings. The second-order valence-electron chi connectivity index (χ2n) is 5.05. The van der Waals surface area contributed by atoms with Crippen molar-refractivity contribution in [3.05, 3.63) is 59.4 Å². The average molecular weight is 255 g/mol. The van der Waals surface area contributed by atoms with Gasteiger partial charge in [-0.05, 0) is 48.2 Å². The molecule has 1 heterocycles. The summed E-state index contributed by atoms with van der Waals surface area (Å²) >= 11 is 0. The number of hydrogen-bond acceptors (Lipinski definition) is 3. The largest absolute Gasteiger partial charge is 0.497 e. The van der Waals surface area contributed by atoms with E-state index in [0.717, 1.165) is 29.8 Å². The van der Waals surface area contributed by atoms with Crippen molar-refractivity contribution in [1.82, 2.24) is 4.98 Å². The molecule has 0 aliphatic heterocycles. The predicted octanol–water partition coefficient (Wildman–Crippen LogP) is 2.47. The number of methoxy groups -OCH3 is 1. The lowest BCUT2D eigenvalue weighted by Crippen LogP contribution is -2.25. The van der Waals surface area contributed by atoms with Crippen molar-refractivity contribution >= 4 is 0 Å². The maximum atomic E-state index is 10.9. The van der Waals surface area contributed by atoms with Crippen LogP contribution in [0, 0.1) is 0 Å². The van der Waals surface area contributed by atoms with Crippen molar-refractivity contribution in [2.24, 2.45) is 0 Å². The number of benzene rings is 1. The number of hydrogen-bond donors (Lipinski definition) is 1. The van der Waals surface area contributed by atoms with Gasteiger partial charge in [0.25, 0.3) is 0 Å². The molecule has 3 heteroatoms. The molecule has 3 rings (SSSR count). The Morgan fingerprint density at radius 3 is 2.95 bits per heavy atom. The fraction of sp³-hybridized carbons (Fsp3) is 0.312. The summed E-state index contributed by atoms with van der Waals surface area (Å²) in [5, 5.41) is 10.9. The highest BCUT2D eigenvalue weighted by molar-refractivity contribution is 5.43. The van der Waals surface area contributed by atoms with E-state index >= 15 is 0 Å². The van der Waals surface area contributed by atoms with E-state index in [1.807, 2.05) is 36.4 Å². The standard InChI is InChI=1S/C16H17NO2/c1-19-14-6-5-12-7-8-16(18,15(12)10-14)11-13-4-2-3-9-17-13/h2-6,9-10,18H,7-8,11H2,1H3. The summed E-state index contributed by atoms with van der Waals surface area (Å²) in [6, 6.07) is 11.7. The molecule has 0 saturated heterocycles. The van der Waals surface area contributed by atoms with Crippen LogP contribution in [0.5, 0.6) is 5.75 Å². The van der Waals surface area contributed by atoms with E-state index < -0.39 is 5.60 Å². The lowest BCUT2D eigenvalue weighted by molar-refractivity contribution is 0.0378. The molecule has 0 saturated carbocycles. The van der Waals surface area contributed by atoms with Crippen LogP contribution < -0.4 is 4.74 Å². The van der Waals surface area contributed by atoms with E-state index in [1.54, 1.807) is 13.3 Å². The molecule has 1 unspecified atom stereocenters. The van der Waals surface area contributed by atoms with Crippen LogP contribution >= 0.6 is 0 Å². The minimum Gasteiger partial charge on any atom is -0.497 e. The van der Waals surface area contributed by atoms with E-state index in [1.165, 1.54) is 5.56 Å². The van der Waals surface area contributed by atoms with Crippen LogP contribution in [-0.4, -0.2) is 17.2 Å². The minimum atomic E-state index is -0.821. The fourth-order valence-electron chi connectivity index (χ4n) is 2.80. The Bertz CT molecular complexity index is 583. The average Bonchev–Trinajstić information content (AvgIpc) is 2.77. The Labute approximate surface area is 112 Å². The SMILES string of the molecule is COc1ccc2c(c1)C(O)(Cc1ccccn1)CC2. The summed E-state index contributed by atoms with van der Waals surface area (Å²) in [5.41, 5.74) is 2.29. The molecule has 0 amide bonds. The highest BCUT2D eigenvalue weighted by Crippen LogP contribution is 2.40. The number of pyridine rings is 1. The van der Waals surface area contributed by atoms with Gasteiger partial charge in [0.05, 0.1) is 12.7 Å². The molecule has 19 heavy (non-hydrogen) atoms. The highest BCUT2D eigenvalue weighted by atomic mass is 16.5. The molecule has 98 valence electrons. The molecule has 0 radical (unpaired) electrons. The zero-order chi connectivity index (χ0) is 13.3. The Hall–Kier alpha value is -1.87. The molecule has 0 fully saturated rings. The molecule has 0 bridgehead atoms. The first-order chi connectivity index (χ1) is 9.21. The summed E-state index contributed by atoms with van der Waals surface area (Å²) < 4.78 is 5.26. The first-order valence-corrected chi connectivity index (χ1v) is 6.51. The zero-order valence-corrected chi connectivity index (χ0v) is 11.0. The second-order valence-corrected chi connectivity index (χ2v) is 5.05. The maximum absolute atomic E-state index is 10.9. The number of ether oxygens (including phenoxy) is 1. The van der Waals surface area contributed by atoms with Crippen molar-refractivity contribution in [3.8, 4) is 5.75 Å². The fourth-order valence-corrected chi connectivity index (χ4v) is 2.80. The van der Waals surface area contributed by atoms with Crippen molar-refractivity contribution in [2.75, 3.05) is 7.11 Å². The van der Waals surface area contributed by atoms with Gasteiger partial charge in [0, 0.05) is 18.3 Å². The summed E-state index contributed by atoms with van der Waals surface area (Å²) in [6.07, 6.45) is 3.96. The molecular formula is C16H17NO2. The lowest BCUT2D eigenvalue weighted by atomic mass is 9.90. The van der Waals surface area contributed by atoms with Crippen LogP contribution in [0.25, 0.3) is 0 Å². The first kappa shape index (κ1) is 12.2. The van der Waals surface area contributed by atoms with Crippen molar-refractivity contribution < 1.29 is 9.84 Å². The van der Waals surface area contributed by atoms with E-state index in [4.69, 9.17) is 4.74 Å². The van der Waals surface area contributed by atoms with Gasteiger partial charge in [0.2, 0.25) is 0 Å². The third-order valence-electron chi connectivity index (χ3n) is 3.83. The van der Waals surface area contributed by atoms with Gasteiger partial charge >= 0.3 is 0 Å². The minimum absolute atomic E-state index is 0.550. The quantitative estimate of drug-likeness (QED) is 0.916. The maximum Gasteiger partial charge on any atom is 0.119 e. The number of aliphatic hydroxyl groups is 1. The first-order valence-electron chi connectivity index (χ1n) is 6.51. The Morgan fingerprint density at radius 1 is 1.32 bits per heavy atom. The Kier molecular flexibility index (Phi) is 2.99. The third kappa shape index (κ3) is 2.22. The van der Waals surface area contributed by atoms with E-state index in [0.29, 0.717) is 6.42 Å². The molecular weight excluding hydrogens is 238 g/mol. The smallest absolute Gasteiger partial charge is 0.119 e. The van der Waals surface area contributed by atoms with Crippen molar-refractivity contribution in [3.63, 3.8) is 0 Å². The van der Waals surface area contributed by atoms with Crippen molar-refractivity contribution in [2.45, 2.75) is 24.9 Å². The van der Waals surface area contributed by atoms with Crippen LogP contribution in [-0.2, 0) is 18.4 Å². The topological polar surface area (TPSA) is 42.4 Å². The van der Waals surface area contributed by atoms with Crippen LogP contribution in [0.4, 0.5) is 0 Å². The van der Waals surface area contributed by atoms with E-state index in [9.17, 15) is 5.11 Å². The summed E-state index contributed by atoms with van der Waals surface area (Å²) in [7, 11) is 1.65. The molecule has 1 aromatic heterocycles. The van der Waals surface area contributed by atoms with Crippen LogP contribution in [0.15, 0.2) is 42.6 Å². The highest BCUT2D eigenvalue weighted by Gasteiger charge is 2.37. The van der Waals surface area contributed by atoms with Crippen LogP contribution in [0.2, 0.25) is 0 Å². The number of nitrogens with zero attached hydrogens (tertiary/aromatic N) is 1. The van der Waals surface area contributed by atoms with Gasteiger partial charge in [0.1, 0.15) is 5.75 Å². The van der Waals surface area contributed by atoms with Crippen molar-refractivity contribution in [1.29, 1.82) is 0 Å². The predicted molar refractivity (Wildman–Crippen MR) is 73.2 cm³/mol. The Balaban J connectivity index is 1.95. The van der Waals surface area contributed by atoms with Crippen LogP contribution in [0.3, 0.4) is 0 Å². The molecule has 1 aliphatic carbocycles. The van der Waals surface area contributed by atoms with E-state index in [2.05, 4.69) is 4.98 Å². The van der Waals surface area contributed by atoms with Gasteiger partial charge in [0.15, 0.2) is 0 Å². The molecule has 0 spiro atoms. The van der Waals surface area contributed by atoms with Gasteiger partial charge in [-0.3, -0.25) is 4.98 Å². The van der Waals surface area contributed by atoms with Gasteiger partial charge in [-0.25, -0.2) is 0 Å². The monoisotopic (exact) mass is 255 g/mol. The number of aromatic nitrogens is 1. The summed E-state index contributed by atoms with van der Waals surface area (Å²) in [4.78, 5) is 4.31. The number of fused-ring (bicyclic) bond motifs is 1. The summed E-state index contributed by atoms with van der Waals surface area (Å²) in [5.74, 6) is 0.792. The second kappa shape index (κ2) is 4.67. The van der Waals surface area contributed by atoms with Crippen LogP contribution in [0.1, 0.15) is 23.2 Å². The van der Waals surface area contributed by atoms with Gasteiger partial charge in [-0.1, -0.05) is 12.1 Å². The molecule has 1 aromatic carbocycles. The lowest BCUT2D eigenvalue weighted by Gasteiger charge is -2.24. The van der Waals surface area contributed by atoms with Gasteiger partial charge < -0.3 is 9.84 Å². The van der Waals surface area contributed by atoms with Gasteiger partial charge in [-0.15, -0.1) is 0 Å². The molecule has 1 N–H and O–H groups in total. The van der Waals surface area contributed by atoms with Gasteiger partial charge in [-0.2, -0.15) is 0 Å². The zero-order valence-electron chi connectivity index (χ0n) is 11.0. The molecule has 2 aromatic rings. The summed E-state index contributed by atoms with van der Waals surface area (Å²) in [6.45, 7) is 0.